The summed E-state index contributed by atoms with van der Waals surface area (Å²) in [4.78, 5) is 8.52. The number of pyridine rings is 1. The maximum Gasteiger partial charge on any atom is 0.135 e. The number of hydrogen-bond donors (Lipinski definition) is 3. The van der Waals surface area contributed by atoms with Crippen molar-refractivity contribution >= 4 is 38.8 Å². The molecular formula is C23H19N5S. The van der Waals surface area contributed by atoms with Gasteiger partial charge in [0.1, 0.15) is 11.2 Å². The van der Waals surface area contributed by atoms with Crippen LogP contribution in [-0.2, 0) is 0 Å². The summed E-state index contributed by atoms with van der Waals surface area (Å²) in [6, 6.07) is 14.9. The molecule has 5 aromatic rings. The van der Waals surface area contributed by atoms with Crippen LogP contribution >= 0.6 is 11.3 Å². The third-order valence-electron chi connectivity index (χ3n) is 5.55. The zero-order valence-corrected chi connectivity index (χ0v) is 16.5. The Labute approximate surface area is 171 Å². The zero-order chi connectivity index (χ0) is 19.2. The lowest BCUT2D eigenvalue weighted by atomic mass is 10.0. The lowest BCUT2D eigenvalue weighted by molar-refractivity contribution is 0.737. The molecule has 0 amide bonds. The molecule has 3 N–H and O–H groups in total. The Morgan fingerprint density at radius 3 is 2.90 bits per heavy atom. The normalized spacial score (nSPS) is 14.6. The smallest absolute Gasteiger partial charge is 0.135 e. The average molecular weight is 398 g/mol. The minimum absolute atomic E-state index is 0.865. The van der Waals surface area contributed by atoms with Crippen molar-refractivity contribution in [2.24, 2.45) is 0 Å². The first-order valence-electron chi connectivity index (χ1n) is 9.77. The lowest BCUT2D eigenvalue weighted by Gasteiger charge is -2.13. The molecule has 0 fully saturated rings. The first-order valence-corrected chi connectivity index (χ1v) is 10.7. The summed E-state index contributed by atoms with van der Waals surface area (Å²) in [6.45, 7) is 1.90. The van der Waals surface area contributed by atoms with Crippen LogP contribution < -0.4 is 5.32 Å². The second-order valence-corrected chi connectivity index (χ2v) is 8.09. The van der Waals surface area contributed by atoms with Crippen molar-refractivity contribution in [1.82, 2.24) is 25.5 Å². The molecule has 0 saturated carbocycles. The van der Waals surface area contributed by atoms with E-state index in [4.69, 9.17) is 4.98 Å². The predicted octanol–water partition coefficient (Wildman–Crippen LogP) is 5.21. The van der Waals surface area contributed by atoms with Crippen molar-refractivity contribution in [2.45, 2.75) is 6.42 Å². The minimum atomic E-state index is 0.865. The quantitative estimate of drug-likeness (QED) is 0.391. The Kier molecular flexibility index (Phi) is 3.85. The molecule has 142 valence electrons. The fourth-order valence-corrected chi connectivity index (χ4v) is 4.73. The van der Waals surface area contributed by atoms with Crippen LogP contribution in [0.2, 0.25) is 0 Å². The Morgan fingerprint density at radius 1 is 1.03 bits per heavy atom. The third-order valence-corrected chi connectivity index (χ3v) is 6.24. The molecule has 5 heterocycles. The van der Waals surface area contributed by atoms with Crippen LogP contribution in [0.4, 0.5) is 0 Å². The van der Waals surface area contributed by atoms with E-state index in [9.17, 15) is 0 Å². The van der Waals surface area contributed by atoms with E-state index in [-0.39, 0.29) is 0 Å². The summed E-state index contributed by atoms with van der Waals surface area (Å²) in [6.07, 6.45) is 3.23. The van der Waals surface area contributed by atoms with Gasteiger partial charge in [0.2, 0.25) is 0 Å². The number of aromatic amines is 2. The van der Waals surface area contributed by atoms with E-state index in [1.54, 1.807) is 11.3 Å². The van der Waals surface area contributed by atoms with E-state index in [0.29, 0.717) is 0 Å². The van der Waals surface area contributed by atoms with Gasteiger partial charge in [-0.25, -0.2) is 4.98 Å². The first kappa shape index (κ1) is 16.7. The van der Waals surface area contributed by atoms with E-state index in [1.807, 2.05) is 0 Å². The van der Waals surface area contributed by atoms with Crippen molar-refractivity contribution in [3.05, 3.63) is 65.0 Å². The van der Waals surface area contributed by atoms with Gasteiger partial charge in [-0.3, -0.25) is 5.10 Å². The van der Waals surface area contributed by atoms with E-state index in [0.717, 1.165) is 53.1 Å². The number of rotatable bonds is 3. The zero-order valence-electron chi connectivity index (χ0n) is 15.7. The molecule has 6 heteroatoms. The highest BCUT2D eigenvalue weighted by atomic mass is 32.1. The largest absolute Gasteiger partial charge is 0.353 e. The average Bonchev–Trinajstić information content (AvgIpc) is 3.52. The molecule has 0 unspecified atom stereocenters. The molecule has 1 aliphatic heterocycles. The number of hydrogen-bond acceptors (Lipinski definition) is 4. The van der Waals surface area contributed by atoms with Crippen molar-refractivity contribution in [3.8, 4) is 22.5 Å². The van der Waals surface area contributed by atoms with Crippen molar-refractivity contribution < 1.29 is 0 Å². The highest BCUT2D eigenvalue weighted by molar-refractivity contribution is 7.08. The van der Waals surface area contributed by atoms with E-state index < -0.39 is 0 Å². The molecule has 6 rings (SSSR count). The van der Waals surface area contributed by atoms with E-state index in [2.05, 4.69) is 79.8 Å². The van der Waals surface area contributed by atoms with Gasteiger partial charge in [0.25, 0.3) is 0 Å². The Hall–Kier alpha value is -3.22. The molecule has 0 atom stereocenters. The molecule has 5 nitrogen and oxygen atoms in total. The van der Waals surface area contributed by atoms with Crippen molar-refractivity contribution in [2.75, 3.05) is 13.1 Å². The summed E-state index contributed by atoms with van der Waals surface area (Å²) in [5.74, 6) is 0. The Bertz CT molecular complexity index is 1360. The standard InChI is InChI=1S/C23H19N5S/c1-2-16(15-8-11-29-13-15)17-12-21(25-19(17)3-1)23-22-20(27-28-23)5-4-18(26-22)14-6-9-24-10-7-14/h1-6,8,11-13,24-25H,7,9-10H2,(H,27,28). The third kappa shape index (κ3) is 2.80. The van der Waals surface area contributed by atoms with Crippen LogP contribution in [0.15, 0.2) is 59.3 Å². The van der Waals surface area contributed by atoms with Gasteiger partial charge in [0.05, 0.1) is 16.9 Å². The summed E-state index contributed by atoms with van der Waals surface area (Å²) in [5.41, 5.74) is 9.64. The molecule has 0 radical (unpaired) electrons. The second kappa shape index (κ2) is 6.69. The summed E-state index contributed by atoms with van der Waals surface area (Å²) < 4.78 is 0. The van der Waals surface area contributed by atoms with Crippen LogP contribution in [0.25, 0.3) is 50.0 Å². The van der Waals surface area contributed by atoms with E-state index in [1.165, 1.54) is 22.1 Å². The Balaban J connectivity index is 1.50. The highest BCUT2D eigenvalue weighted by Crippen LogP contribution is 2.34. The van der Waals surface area contributed by atoms with Crippen LogP contribution in [-0.4, -0.2) is 33.3 Å². The van der Waals surface area contributed by atoms with Gasteiger partial charge in [-0.15, -0.1) is 0 Å². The summed E-state index contributed by atoms with van der Waals surface area (Å²) in [5, 5.41) is 16.6. The minimum Gasteiger partial charge on any atom is -0.353 e. The monoisotopic (exact) mass is 397 g/mol. The lowest BCUT2D eigenvalue weighted by Crippen LogP contribution is -2.20. The molecule has 29 heavy (non-hydrogen) atoms. The van der Waals surface area contributed by atoms with Crippen LogP contribution in [0.3, 0.4) is 0 Å². The number of aromatic nitrogens is 4. The Morgan fingerprint density at radius 2 is 2.03 bits per heavy atom. The fraction of sp³-hybridized carbons (Fsp3) is 0.130. The van der Waals surface area contributed by atoms with Gasteiger partial charge < -0.3 is 10.3 Å². The summed E-state index contributed by atoms with van der Waals surface area (Å²) in [7, 11) is 0. The predicted molar refractivity (Wildman–Crippen MR) is 120 cm³/mol. The SMILES string of the molecule is C1=C(c2ccc3[nH]nc(-c4cc5c(-c6ccsc6)cccc5[nH]4)c3n2)CCNC1. The van der Waals surface area contributed by atoms with Crippen molar-refractivity contribution in [3.63, 3.8) is 0 Å². The van der Waals surface area contributed by atoms with Crippen LogP contribution in [0.5, 0.6) is 0 Å². The molecule has 0 saturated heterocycles. The van der Waals surface area contributed by atoms with E-state index >= 15 is 0 Å². The van der Waals surface area contributed by atoms with Gasteiger partial charge in [-0.1, -0.05) is 18.2 Å². The van der Waals surface area contributed by atoms with Gasteiger partial charge >= 0.3 is 0 Å². The number of thiophene rings is 1. The fourth-order valence-electron chi connectivity index (χ4n) is 4.07. The molecule has 1 aromatic carbocycles. The molecule has 0 aliphatic carbocycles. The van der Waals surface area contributed by atoms with Crippen LogP contribution in [0, 0.1) is 0 Å². The molecule has 1 aliphatic rings. The van der Waals surface area contributed by atoms with Crippen molar-refractivity contribution in [1.29, 1.82) is 0 Å². The second-order valence-electron chi connectivity index (χ2n) is 7.31. The van der Waals surface area contributed by atoms with Gasteiger partial charge in [-0.2, -0.15) is 16.4 Å². The van der Waals surface area contributed by atoms with Gasteiger partial charge in [0, 0.05) is 17.4 Å². The first-order chi connectivity index (χ1) is 14.4. The molecule has 0 spiro atoms. The number of benzene rings is 1. The number of nitrogens with one attached hydrogen (secondary N) is 3. The molecule has 4 aromatic heterocycles. The molecular weight excluding hydrogens is 378 g/mol. The van der Waals surface area contributed by atoms with Gasteiger partial charge in [0.15, 0.2) is 0 Å². The topological polar surface area (TPSA) is 69.4 Å². The number of H-pyrrole nitrogens is 2. The number of fused-ring (bicyclic) bond motifs is 2. The number of nitrogens with zero attached hydrogens (tertiary/aromatic N) is 2. The summed E-state index contributed by atoms with van der Waals surface area (Å²) >= 11 is 1.72. The molecule has 0 bridgehead atoms. The van der Waals surface area contributed by atoms with Crippen LogP contribution in [0.1, 0.15) is 12.1 Å². The maximum atomic E-state index is 4.97. The maximum absolute atomic E-state index is 4.97. The highest BCUT2D eigenvalue weighted by Gasteiger charge is 2.16. The van der Waals surface area contributed by atoms with Gasteiger partial charge in [-0.05, 0) is 70.8 Å².